The molecule has 9 aromatic rings. The minimum atomic E-state index is -1.10. The van der Waals surface area contributed by atoms with E-state index in [1.165, 1.54) is 31.8 Å². The number of aromatic nitrogens is 3. The van der Waals surface area contributed by atoms with Crippen molar-refractivity contribution >= 4 is 96.1 Å². The Hall–Kier alpha value is -5.51. The zero-order valence-electron chi connectivity index (χ0n) is 31.6. The number of hydrogen-bond acceptors (Lipinski definition) is 3. The van der Waals surface area contributed by atoms with Crippen LogP contribution in [-0.4, -0.2) is 15.0 Å². The van der Waals surface area contributed by atoms with E-state index in [1.54, 1.807) is 0 Å². The predicted octanol–water partition coefficient (Wildman–Crippen LogP) is 6.90. The largest absolute Gasteiger partial charge is 0.247 e. The summed E-state index contributed by atoms with van der Waals surface area (Å²) in [5.41, 5.74) is 6.33. The molecule has 58 heavy (non-hydrogen) atoms. The molecule has 2 unspecified atom stereocenters. The molecule has 2 atom stereocenters. The molecule has 0 bridgehead atoms. The molecule has 3 aromatic heterocycles. The lowest BCUT2D eigenvalue weighted by Gasteiger charge is -2.24. The summed E-state index contributed by atoms with van der Waals surface area (Å²) in [7, 11) is -3.94. The predicted molar refractivity (Wildman–Crippen MR) is 255 cm³/mol. The molecule has 0 aliphatic heterocycles. The Labute approximate surface area is 346 Å². The van der Waals surface area contributed by atoms with Gasteiger partial charge in [-0.3, -0.25) is 0 Å². The first-order valence-corrected chi connectivity index (χ1v) is 24.6. The van der Waals surface area contributed by atoms with Gasteiger partial charge in [0.15, 0.2) is 0 Å². The lowest BCUT2D eigenvalue weighted by molar-refractivity contribution is 1.43. The van der Waals surface area contributed by atoms with Crippen LogP contribution in [0, 0.1) is 0 Å². The number of hydrogen-bond donors (Lipinski definition) is 0. The van der Waals surface area contributed by atoms with Gasteiger partial charge in [-0.1, -0.05) is 200 Å². The Morgan fingerprint density at radius 3 is 0.552 bits per heavy atom. The first-order chi connectivity index (χ1) is 28.8. The van der Waals surface area contributed by atoms with Crippen molar-refractivity contribution < 1.29 is 0 Å². The van der Waals surface area contributed by atoms with Gasteiger partial charge in [0.2, 0.25) is 0 Å². The van der Waals surface area contributed by atoms with Crippen LogP contribution < -0.4 is 64.4 Å². The van der Waals surface area contributed by atoms with E-state index in [1.807, 2.05) is 0 Å². The van der Waals surface area contributed by atoms with Crippen LogP contribution in [-0.2, 0) is 0 Å². The second kappa shape index (κ2) is 18.4. The van der Waals surface area contributed by atoms with Gasteiger partial charge in [0, 0.05) is 31.7 Å². The van der Waals surface area contributed by atoms with Gasteiger partial charge < -0.3 is 0 Å². The topological polar surface area (TPSA) is 38.7 Å². The highest BCUT2D eigenvalue weighted by atomic mass is 31.1. The van der Waals surface area contributed by atoms with Crippen molar-refractivity contribution in [3.8, 4) is 0 Å². The van der Waals surface area contributed by atoms with Crippen molar-refractivity contribution in [3.05, 3.63) is 237 Å². The van der Waals surface area contributed by atoms with Gasteiger partial charge in [-0.25, -0.2) is 15.0 Å². The van der Waals surface area contributed by atoms with Crippen molar-refractivity contribution in [3.63, 3.8) is 0 Å². The van der Waals surface area contributed by atoms with Crippen LogP contribution in [0.2, 0.25) is 0 Å². The zero-order valence-corrected chi connectivity index (χ0v) is 35.2. The van der Waals surface area contributed by atoms with E-state index in [0.717, 1.165) is 32.6 Å². The smallest absolute Gasteiger partial charge is 0.0745 e. The summed E-state index contributed by atoms with van der Waals surface area (Å²) in [6.45, 7) is 0. The summed E-state index contributed by atoms with van der Waals surface area (Å²) in [4.78, 5) is 16.8. The standard InChI is InChI=1S/C51H39N3P4/c1-7-22-40(23-8-1)55(41-24-9-2-10-25-41)46-34-19-36-48(52-46)57(44-30-15-5-16-31-44)50-38-21-39-51(54-50)58(45-32-17-6-18-33-45)49-37-20-35-47(53-49)56(42-26-11-3-12-27-42)43-28-13-4-14-29-43/h1-39H. The maximum Gasteiger partial charge on any atom is 0.0745 e. The van der Waals surface area contributed by atoms with Crippen molar-refractivity contribution in [1.29, 1.82) is 0 Å². The van der Waals surface area contributed by atoms with Gasteiger partial charge in [0.1, 0.15) is 0 Å². The van der Waals surface area contributed by atoms with E-state index in [-0.39, 0.29) is 0 Å². The fourth-order valence-electron chi connectivity index (χ4n) is 7.04. The Morgan fingerprint density at radius 1 is 0.172 bits per heavy atom. The molecular weight excluding hydrogens is 778 g/mol. The monoisotopic (exact) mass is 817 g/mol. The molecule has 0 aliphatic rings. The van der Waals surface area contributed by atoms with Crippen LogP contribution >= 0.6 is 31.7 Å². The molecule has 0 radical (unpaired) electrons. The third kappa shape index (κ3) is 8.52. The summed E-state index contributed by atoms with van der Waals surface area (Å²) in [5, 5.41) is 7.56. The minimum absolute atomic E-state index is 0.869. The SMILES string of the molecule is c1ccc(P(c2ccccc2)c2cccc(P(c3ccccc3)c3cccc(P(c4ccccc4)c4cccc(P(c5ccccc5)c5ccccc5)n4)n3)n2)cc1. The van der Waals surface area contributed by atoms with Crippen LogP contribution in [0.25, 0.3) is 0 Å². The molecule has 0 N–H and O–H groups in total. The number of rotatable bonds is 12. The summed E-state index contributed by atoms with van der Waals surface area (Å²) < 4.78 is 0. The summed E-state index contributed by atoms with van der Waals surface area (Å²) in [6.07, 6.45) is 0. The summed E-state index contributed by atoms with van der Waals surface area (Å²) >= 11 is 0. The summed E-state index contributed by atoms with van der Waals surface area (Å²) in [5.74, 6) is 0. The van der Waals surface area contributed by atoms with Gasteiger partial charge in [-0.05, 0) is 68.2 Å². The molecule has 278 valence electrons. The van der Waals surface area contributed by atoms with E-state index in [4.69, 9.17) is 15.0 Å². The number of nitrogens with zero attached hydrogens (tertiary/aromatic N) is 3. The molecule has 0 saturated heterocycles. The highest BCUT2D eigenvalue weighted by molar-refractivity contribution is 7.81. The Morgan fingerprint density at radius 2 is 0.345 bits per heavy atom. The zero-order chi connectivity index (χ0) is 38.9. The van der Waals surface area contributed by atoms with E-state index in [0.29, 0.717) is 0 Å². The molecular formula is C51H39N3P4. The maximum atomic E-state index is 5.65. The van der Waals surface area contributed by atoms with Gasteiger partial charge in [0.05, 0.1) is 32.6 Å². The molecule has 0 spiro atoms. The van der Waals surface area contributed by atoms with Crippen LogP contribution in [0.15, 0.2) is 237 Å². The quantitative estimate of drug-likeness (QED) is 0.126. The van der Waals surface area contributed by atoms with Gasteiger partial charge in [-0.15, -0.1) is 0 Å². The van der Waals surface area contributed by atoms with Gasteiger partial charge >= 0.3 is 0 Å². The number of benzene rings is 6. The average molecular weight is 818 g/mol. The van der Waals surface area contributed by atoms with Crippen LogP contribution in [0.3, 0.4) is 0 Å². The first-order valence-electron chi connectivity index (χ1n) is 19.2. The lowest BCUT2D eigenvalue weighted by Crippen LogP contribution is -2.34. The Bertz CT molecular complexity index is 2430. The van der Waals surface area contributed by atoms with Crippen molar-refractivity contribution in [2.45, 2.75) is 0 Å². The highest BCUT2D eigenvalue weighted by Gasteiger charge is 2.27. The molecule has 6 aromatic carbocycles. The molecule has 0 saturated carbocycles. The van der Waals surface area contributed by atoms with Gasteiger partial charge in [-0.2, -0.15) is 0 Å². The maximum absolute atomic E-state index is 5.65. The fourth-order valence-corrected chi connectivity index (χ4v) is 15.9. The molecule has 0 fully saturated rings. The third-order valence-corrected chi connectivity index (χ3v) is 18.8. The van der Waals surface area contributed by atoms with Crippen molar-refractivity contribution in [2.75, 3.05) is 0 Å². The molecule has 3 nitrogen and oxygen atoms in total. The highest BCUT2D eigenvalue weighted by Crippen LogP contribution is 2.37. The molecule has 9 rings (SSSR count). The normalized spacial score (nSPS) is 12.3. The molecule has 7 heteroatoms. The van der Waals surface area contributed by atoms with E-state index in [2.05, 4.69) is 237 Å². The van der Waals surface area contributed by atoms with Crippen molar-refractivity contribution in [2.24, 2.45) is 0 Å². The van der Waals surface area contributed by atoms with Crippen molar-refractivity contribution in [1.82, 2.24) is 15.0 Å². The Kier molecular flexibility index (Phi) is 12.1. The van der Waals surface area contributed by atoms with E-state index >= 15 is 0 Å². The second-order valence-corrected chi connectivity index (χ2v) is 21.9. The van der Waals surface area contributed by atoms with E-state index < -0.39 is 31.7 Å². The molecule has 0 aliphatic carbocycles. The third-order valence-electron chi connectivity index (χ3n) is 9.62. The molecule has 3 heterocycles. The van der Waals surface area contributed by atoms with Crippen LogP contribution in [0.4, 0.5) is 0 Å². The minimum Gasteiger partial charge on any atom is -0.247 e. The van der Waals surface area contributed by atoms with Crippen LogP contribution in [0.5, 0.6) is 0 Å². The fraction of sp³-hybridized carbons (Fsp3) is 0. The van der Waals surface area contributed by atoms with Crippen LogP contribution in [0.1, 0.15) is 0 Å². The lowest BCUT2D eigenvalue weighted by atomic mass is 10.4. The van der Waals surface area contributed by atoms with Gasteiger partial charge in [0.25, 0.3) is 0 Å². The Balaban J connectivity index is 1.17. The van der Waals surface area contributed by atoms with E-state index in [9.17, 15) is 0 Å². The second-order valence-electron chi connectivity index (χ2n) is 13.4. The summed E-state index contributed by atoms with van der Waals surface area (Å²) in [6, 6.07) is 84.6. The molecule has 0 amide bonds. The first kappa shape index (κ1) is 38.0. The average Bonchev–Trinajstić information content (AvgIpc) is 3.30. The number of pyridine rings is 3.